The molecule has 2 nitrogen and oxygen atoms in total. The van der Waals surface area contributed by atoms with Crippen LogP contribution in [0.5, 0.6) is 0 Å². The molecule has 18 heavy (non-hydrogen) atoms. The average molecular weight is 249 g/mol. The maximum absolute atomic E-state index is 13.5. The summed E-state index contributed by atoms with van der Waals surface area (Å²) in [6.45, 7) is 6.82. The second kappa shape index (κ2) is 7.86. The van der Waals surface area contributed by atoms with Gasteiger partial charge in [-0.05, 0) is 37.2 Å². The van der Waals surface area contributed by atoms with Crippen LogP contribution in [-0.2, 0) is 6.54 Å². The van der Waals surface area contributed by atoms with E-state index >= 15 is 0 Å². The smallest absolute Gasteiger partial charge is 0.138 e. The van der Waals surface area contributed by atoms with Crippen LogP contribution >= 0.6 is 0 Å². The van der Waals surface area contributed by atoms with Gasteiger partial charge >= 0.3 is 0 Å². The molecule has 0 aromatic heterocycles. The fourth-order valence-corrected chi connectivity index (χ4v) is 1.82. The Morgan fingerprint density at radius 3 is 2.72 bits per heavy atom. The summed E-state index contributed by atoms with van der Waals surface area (Å²) in [5.41, 5.74) is 1.41. The molecule has 0 amide bonds. The monoisotopic (exact) mass is 249 g/mol. The lowest BCUT2D eigenvalue weighted by atomic mass is 10.1. The molecule has 0 radical (unpaired) electrons. The maximum atomic E-state index is 13.5. The lowest BCUT2D eigenvalue weighted by Gasteiger charge is -2.19. The number of nitrogens with zero attached hydrogens (tertiary/aromatic N) is 1. The van der Waals surface area contributed by atoms with Crippen LogP contribution in [0.4, 0.5) is 4.39 Å². The van der Waals surface area contributed by atoms with Gasteiger partial charge in [-0.15, -0.1) is 0 Å². The first-order chi connectivity index (χ1) is 8.71. The molecule has 0 aliphatic rings. The zero-order valence-corrected chi connectivity index (χ0v) is 11.0. The van der Waals surface area contributed by atoms with E-state index in [0.29, 0.717) is 5.56 Å². The van der Waals surface area contributed by atoms with Gasteiger partial charge in [-0.25, -0.2) is 4.39 Å². The number of hydrogen-bond donors (Lipinski definition) is 1. The van der Waals surface area contributed by atoms with Gasteiger partial charge in [0.1, 0.15) is 12.4 Å². The van der Waals surface area contributed by atoms with Gasteiger partial charge in [0, 0.05) is 6.54 Å². The Kier molecular flexibility index (Phi) is 6.42. The number of aliphatic hydroxyl groups excluding tert-OH is 1. The van der Waals surface area contributed by atoms with E-state index in [1.807, 2.05) is 0 Å². The number of aliphatic hydroxyl groups is 1. The Morgan fingerprint density at radius 1 is 1.33 bits per heavy atom. The molecule has 0 atom stereocenters. The van der Waals surface area contributed by atoms with Crippen molar-refractivity contribution in [3.05, 3.63) is 35.1 Å². The molecule has 0 unspecified atom stereocenters. The molecule has 0 aliphatic heterocycles. The van der Waals surface area contributed by atoms with Crippen LogP contribution in [0.3, 0.4) is 0 Å². The van der Waals surface area contributed by atoms with Crippen molar-refractivity contribution in [2.75, 3.05) is 19.7 Å². The van der Waals surface area contributed by atoms with Gasteiger partial charge in [0.25, 0.3) is 0 Å². The predicted octanol–water partition coefficient (Wildman–Crippen LogP) is 2.40. The predicted molar refractivity (Wildman–Crippen MR) is 71.6 cm³/mol. The van der Waals surface area contributed by atoms with Crippen molar-refractivity contribution in [2.24, 2.45) is 0 Å². The zero-order chi connectivity index (χ0) is 13.4. The summed E-state index contributed by atoms with van der Waals surface area (Å²) in [6.07, 6.45) is 1.10. The molecular weight excluding hydrogens is 229 g/mol. The van der Waals surface area contributed by atoms with Crippen LogP contribution in [0.2, 0.25) is 0 Å². The van der Waals surface area contributed by atoms with Crippen molar-refractivity contribution in [2.45, 2.75) is 26.8 Å². The fourth-order valence-electron chi connectivity index (χ4n) is 1.82. The van der Waals surface area contributed by atoms with E-state index in [1.54, 1.807) is 12.1 Å². The molecule has 0 saturated heterocycles. The quantitative estimate of drug-likeness (QED) is 0.810. The third-order valence-corrected chi connectivity index (χ3v) is 2.73. The van der Waals surface area contributed by atoms with Crippen LogP contribution in [0.25, 0.3) is 0 Å². The van der Waals surface area contributed by atoms with E-state index < -0.39 is 0 Å². The number of halogens is 1. The summed E-state index contributed by atoms with van der Waals surface area (Å²) in [5.74, 6) is 4.77. The van der Waals surface area contributed by atoms with Crippen molar-refractivity contribution in [3.8, 4) is 11.8 Å². The van der Waals surface area contributed by atoms with E-state index in [4.69, 9.17) is 5.11 Å². The Labute approximate surface area is 108 Å². The summed E-state index contributed by atoms with van der Waals surface area (Å²) in [5, 5.41) is 8.64. The van der Waals surface area contributed by atoms with Crippen molar-refractivity contribution >= 4 is 0 Å². The average Bonchev–Trinajstić information content (AvgIpc) is 2.38. The van der Waals surface area contributed by atoms with Crippen LogP contribution in [0.15, 0.2) is 18.2 Å². The highest BCUT2D eigenvalue weighted by atomic mass is 19.1. The molecule has 1 N–H and O–H groups in total. The zero-order valence-electron chi connectivity index (χ0n) is 11.0. The van der Waals surface area contributed by atoms with E-state index in [1.165, 1.54) is 6.07 Å². The van der Waals surface area contributed by atoms with Crippen molar-refractivity contribution in [1.29, 1.82) is 0 Å². The van der Waals surface area contributed by atoms with Crippen LogP contribution < -0.4 is 0 Å². The van der Waals surface area contributed by atoms with Gasteiger partial charge < -0.3 is 5.11 Å². The second-order valence-electron chi connectivity index (χ2n) is 4.14. The number of rotatable bonds is 5. The molecule has 1 rings (SSSR count). The SMILES string of the molecule is CCCN(CC)Cc1ccc(F)c(C#CCO)c1. The van der Waals surface area contributed by atoms with E-state index in [-0.39, 0.29) is 12.4 Å². The molecule has 0 bridgehead atoms. The molecular formula is C15H20FNO. The fraction of sp³-hybridized carbons (Fsp3) is 0.467. The largest absolute Gasteiger partial charge is 0.384 e. The van der Waals surface area contributed by atoms with Gasteiger partial charge in [0.15, 0.2) is 0 Å². The highest BCUT2D eigenvalue weighted by molar-refractivity contribution is 5.38. The van der Waals surface area contributed by atoms with Crippen molar-refractivity contribution < 1.29 is 9.50 Å². The van der Waals surface area contributed by atoms with Gasteiger partial charge in [-0.2, -0.15) is 0 Å². The molecule has 98 valence electrons. The lowest BCUT2D eigenvalue weighted by molar-refractivity contribution is 0.280. The van der Waals surface area contributed by atoms with E-state index in [0.717, 1.165) is 31.6 Å². The highest BCUT2D eigenvalue weighted by Gasteiger charge is 2.05. The molecule has 0 heterocycles. The topological polar surface area (TPSA) is 23.5 Å². The first kappa shape index (κ1) is 14.7. The summed E-state index contributed by atoms with van der Waals surface area (Å²) < 4.78 is 13.5. The molecule has 1 aromatic carbocycles. The Hall–Kier alpha value is -1.37. The molecule has 0 spiro atoms. The minimum absolute atomic E-state index is 0.249. The number of benzene rings is 1. The first-order valence-electron chi connectivity index (χ1n) is 6.31. The first-order valence-corrected chi connectivity index (χ1v) is 6.31. The molecule has 3 heteroatoms. The number of hydrogen-bond acceptors (Lipinski definition) is 2. The molecule has 0 saturated carbocycles. The van der Waals surface area contributed by atoms with Gasteiger partial charge in [-0.3, -0.25) is 4.90 Å². The molecule has 0 fully saturated rings. The maximum Gasteiger partial charge on any atom is 0.138 e. The Morgan fingerprint density at radius 2 is 2.11 bits per heavy atom. The third-order valence-electron chi connectivity index (χ3n) is 2.73. The standard InChI is InChI=1S/C15H20FNO/c1-3-9-17(4-2)12-13-7-8-15(16)14(11-13)6-5-10-18/h7-8,11,18H,3-4,9-10,12H2,1-2H3. The van der Waals surface area contributed by atoms with Crippen LogP contribution in [0.1, 0.15) is 31.4 Å². The van der Waals surface area contributed by atoms with Crippen molar-refractivity contribution in [3.63, 3.8) is 0 Å². The molecule has 0 aliphatic carbocycles. The minimum atomic E-state index is -0.335. The summed E-state index contributed by atoms with van der Waals surface area (Å²) in [6, 6.07) is 4.99. The summed E-state index contributed by atoms with van der Waals surface area (Å²) in [7, 11) is 0. The van der Waals surface area contributed by atoms with E-state index in [9.17, 15) is 4.39 Å². The second-order valence-corrected chi connectivity index (χ2v) is 4.14. The highest BCUT2D eigenvalue weighted by Crippen LogP contribution is 2.12. The van der Waals surface area contributed by atoms with Crippen LogP contribution in [-0.4, -0.2) is 29.7 Å². The van der Waals surface area contributed by atoms with E-state index in [2.05, 4.69) is 30.6 Å². The summed E-state index contributed by atoms with van der Waals surface area (Å²) >= 11 is 0. The Bertz CT molecular complexity index is 434. The normalized spacial score (nSPS) is 10.3. The summed E-state index contributed by atoms with van der Waals surface area (Å²) in [4.78, 5) is 2.30. The van der Waals surface area contributed by atoms with Crippen LogP contribution in [0, 0.1) is 17.7 Å². The lowest BCUT2D eigenvalue weighted by Crippen LogP contribution is -2.23. The van der Waals surface area contributed by atoms with Crippen molar-refractivity contribution in [1.82, 2.24) is 4.90 Å². The van der Waals surface area contributed by atoms with Gasteiger partial charge in [0.2, 0.25) is 0 Å². The molecule has 1 aromatic rings. The third kappa shape index (κ3) is 4.48. The van der Waals surface area contributed by atoms with Gasteiger partial charge in [0.05, 0.1) is 5.56 Å². The Balaban J connectivity index is 2.83. The van der Waals surface area contributed by atoms with Gasteiger partial charge in [-0.1, -0.05) is 31.8 Å². The minimum Gasteiger partial charge on any atom is -0.384 e.